The van der Waals surface area contributed by atoms with Crippen LogP contribution in [-0.2, 0) is 14.3 Å². The molecule has 114 valence electrons. The molecule has 0 N–H and O–H groups in total. The van der Waals surface area contributed by atoms with Crippen molar-refractivity contribution in [3.63, 3.8) is 0 Å². The summed E-state index contributed by atoms with van der Waals surface area (Å²) in [5.41, 5.74) is 1.70. The Morgan fingerprint density at radius 2 is 2.14 bits per heavy atom. The van der Waals surface area contributed by atoms with E-state index in [1.807, 2.05) is 39.0 Å². The Morgan fingerprint density at radius 1 is 1.43 bits per heavy atom. The van der Waals surface area contributed by atoms with Crippen LogP contribution in [0.1, 0.15) is 25.8 Å². The summed E-state index contributed by atoms with van der Waals surface area (Å²) in [6, 6.07) is 5.67. The van der Waals surface area contributed by atoms with Crippen LogP contribution in [0.4, 0.5) is 5.69 Å². The van der Waals surface area contributed by atoms with Crippen LogP contribution < -0.4 is 9.64 Å². The lowest BCUT2D eigenvalue weighted by Gasteiger charge is -2.36. The van der Waals surface area contributed by atoms with Gasteiger partial charge in [-0.2, -0.15) is 0 Å². The zero-order valence-electron chi connectivity index (χ0n) is 12.9. The molecule has 0 aromatic heterocycles. The van der Waals surface area contributed by atoms with Crippen molar-refractivity contribution in [2.75, 3.05) is 18.6 Å². The summed E-state index contributed by atoms with van der Waals surface area (Å²) in [7, 11) is 1.35. The van der Waals surface area contributed by atoms with Crippen molar-refractivity contribution in [3.8, 4) is 5.75 Å². The smallest absolute Gasteiger partial charge is 0.307 e. The molecule has 5 nitrogen and oxygen atoms in total. The number of nitrogens with zero attached hydrogens (tertiary/aromatic N) is 1. The molecule has 0 fully saturated rings. The highest BCUT2D eigenvalue weighted by molar-refractivity contribution is 6.00. The van der Waals surface area contributed by atoms with Crippen molar-refractivity contribution in [1.82, 2.24) is 0 Å². The van der Waals surface area contributed by atoms with E-state index in [0.29, 0.717) is 6.54 Å². The lowest BCUT2D eigenvalue weighted by atomic mass is 10.0. The van der Waals surface area contributed by atoms with Gasteiger partial charge in [0.25, 0.3) is 5.91 Å². The van der Waals surface area contributed by atoms with Crippen LogP contribution >= 0.6 is 0 Å². The molecule has 0 aliphatic carbocycles. The maximum atomic E-state index is 12.6. The third-order valence-corrected chi connectivity index (χ3v) is 3.61. The van der Waals surface area contributed by atoms with Crippen LogP contribution in [0.25, 0.3) is 0 Å². The molecule has 0 spiro atoms. The maximum absolute atomic E-state index is 12.6. The SMILES string of the molecule is COC(=O)CCN1C(=O)C(C(C)C)Oc2c(C)cccc21. The molecule has 1 aliphatic heterocycles. The Kier molecular flexibility index (Phi) is 4.50. The minimum Gasteiger partial charge on any atom is -0.478 e. The Hall–Kier alpha value is -2.04. The van der Waals surface area contributed by atoms with Crippen molar-refractivity contribution in [1.29, 1.82) is 0 Å². The largest absolute Gasteiger partial charge is 0.478 e. The maximum Gasteiger partial charge on any atom is 0.307 e. The van der Waals surface area contributed by atoms with E-state index in [4.69, 9.17) is 4.74 Å². The predicted molar refractivity (Wildman–Crippen MR) is 79.4 cm³/mol. The Bertz CT molecular complexity index is 553. The van der Waals surface area contributed by atoms with Gasteiger partial charge in [0.1, 0.15) is 5.75 Å². The Morgan fingerprint density at radius 3 is 2.76 bits per heavy atom. The van der Waals surface area contributed by atoms with Crippen LogP contribution in [0.2, 0.25) is 0 Å². The minimum atomic E-state index is -0.517. The lowest BCUT2D eigenvalue weighted by Crippen LogP contribution is -2.49. The van der Waals surface area contributed by atoms with Gasteiger partial charge < -0.3 is 14.4 Å². The van der Waals surface area contributed by atoms with E-state index in [-0.39, 0.29) is 24.2 Å². The van der Waals surface area contributed by atoms with Crippen molar-refractivity contribution < 1.29 is 19.1 Å². The van der Waals surface area contributed by atoms with Crippen molar-refractivity contribution in [2.45, 2.75) is 33.3 Å². The molecular weight excluding hydrogens is 270 g/mol. The van der Waals surface area contributed by atoms with E-state index in [1.54, 1.807) is 4.90 Å². The zero-order valence-corrected chi connectivity index (χ0v) is 12.9. The number of fused-ring (bicyclic) bond motifs is 1. The van der Waals surface area contributed by atoms with Crippen LogP contribution in [-0.4, -0.2) is 31.6 Å². The lowest BCUT2D eigenvalue weighted by molar-refractivity contribution is -0.140. The van der Waals surface area contributed by atoms with Crippen LogP contribution in [0.3, 0.4) is 0 Å². The third kappa shape index (κ3) is 3.01. The molecule has 1 aromatic rings. The number of hydrogen-bond acceptors (Lipinski definition) is 4. The fourth-order valence-corrected chi connectivity index (χ4v) is 2.41. The first-order valence-electron chi connectivity index (χ1n) is 7.10. The quantitative estimate of drug-likeness (QED) is 0.799. The molecule has 1 amide bonds. The summed E-state index contributed by atoms with van der Waals surface area (Å²) in [6.07, 6.45) is -0.350. The highest BCUT2D eigenvalue weighted by Crippen LogP contribution is 2.38. The second-order valence-corrected chi connectivity index (χ2v) is 5.52. The number of amides is 1. The molecule has 0 bridgehead atoms. The molecule has 0 saturated heterocycles. The number of methoxy groups -OCH3 is 1. The van der Waals surface area contributed by atoms with E-state index < -0.39 is 6.10 Å². The van der Waals surface area contributed by atoms with Crippen molar-refractivity contribution >= 4 is 17.6 Å². The van der Waals surface area contributed by atoms with Crippen LogP contribution in [0, 0.1) is 12.8 Å². The highest BCUT2D eigenvalue weighted by atomic mass is 16.5. The summed E-state index contributed by atoms with van der Waals surface area (Å²) in [4.78, 5) is 25.6. The second-order valence-electron chi connectivity index (χ2n) is 5.52. The number of rotatable bonds is 4. The van der Waals surface area contributed by atoms with Crippen LogP contribution in [0.15, 0.2) is 18.2 Å². The number of hydrogen-bond donors (Lipinski definition) is 0. The number of carbonyl (C=O) groups excluding carboxylic acids is 2. The molecule has 1 unspecified atom stereocenters. The predicted octanol–water partition coefficient (Wildman–Crippen LogP) is 2.31. The molecule has 1 atom stereocenters. The van der Waals surface area contributed by atoms with Gasteiger partial charge in [-0.1, -0.05) is 26.0 Å². The number of aryl methyl sites for hydroxylation is 1. The summed E-state index contributed by atoms with van der Waals surface area (Å²) in [5.74, 6) is 0.350. The van der Waals surface area contributed by atoms with Gasteiger partial charge >= 0.3 is 5.97 Å². The van der Waals surface area contributed by atoms with Gasteiger partial charge in [0.15, 0.2) is 6.10 Å². The number of anilines is 1. The van der Waals surface area contributed by atoms with Gasteiger partial charge in [-0.3, -0.25) is 9.59 Å². The zero-order chi connectivity index (χ0) is 15.6. The molecule has 5 heteroatoms. The topological polar surface area (TPSA) is 55.8 Å². The average Bonchev–Trinajstić information content (AvgIpc) is 2.45. The molecule has 2 rings (SSSR count). The monoisotopic (exact) mass is 291 g/mol. The fourth-order valence-electron chi connectivity index (χ4n) is 2.41. The standard InChI is InChI=1S/C16H21NO4/c1-10(2)14-16(19)17(9-8-13(18)20-4)12-7-5-6-11(3)15(12)21-14/h5-7,10,14H,8-9H2,1-4H3. The van der Waals surface area contributed by atoms with Crippen molar-refractivity contribution in [2.24, 2.45) is 5.92 Å². The first kappa shape index (κ1) is 15.4. The van der Waals surface area contributed by atoms with Gasteiger partial charge in [-0.25, -0.2) is 0 Å². The van der Waals surface area contributed by atoms with Crippen LogP contribution in [0.5, 0.6) is 5.75 Å². The van der Waals surface area contributed by atoms with Gasteiger partial charge in [-0.15, -0.1) is 0 Å². The molecule has 1 aliphatic rings. The average molecular weight is 291 g/mol. The first-order chi connectivity index (χ1) is 9.95. The summed E-state index contributed by atoms with van der Waals surface area (Å²) in [6.45, 7) is 6.15. The molecule has 0 saturated carbocycles. The van der Waals surface area contributed by atoms with Gasteiger partial charge in [0, 0.05) is 6.54 Å². The number of esters is 1. The number of benzene rings is 1. The number of carbonyl (C=O) groups is 2. The van der Waals surface area contributed by atoms with E-state index in [1.165, 1.54) is 7.11 Å². The second kappa shape index (κ2) is 6.16. The normalized spacial score (nSPS) is 17.5. The highest BCUT2D eigenvalue weighted by Gasteiger charge is 2.36. The van der Waals surface area contributed by atoms with Gasteiger partial charge in [0.05, 0.1) is 19.2 Å². The Labute approximate surface area is 124 Å². The molecule has 1 heterocycles. The van der Waals surface area contributed by atoms with E-state index >= 15 is 0 Å². The summed E-state index contributed by atoms with van der Waals surface area (Å²) < 4.78 is 10.5. The van der Waals surface area contributed by atoms with E-state index in [9.17, 15) is 9.59 Å². The third-order valence-electron chi connectivity index (χ3n) is 3.61. The van der Waals surface area contributed by atoms with Gasteiger partial charge in [0.2, 0.25) is 0 Å². The molecule has 21 heavy (non-hydrogen) atoms. The van der Waals surface area contributed by atoms with E-state index in [0.717, 1.165) is 17.0 Å². The molecule has 1 aromatic carbocycles. The fraction of sp³-hybridized carbons (Fsp3) is 0.500. The van der Waals surface area contributed by atoms with Crippen molar-refractivity contribution in [3.05, 3.63) is 23.8 Å². The van der Waals surface area contributed by atoms with Gasteiger partial charge in [-0.05, 0) is 24.5 Å². The summed E-state index contributed by atoms with van der Waals surface area (Å²) >= 11 is 0. The number of para-hydroxylation sites is 1. The molecule has 0 radical (unpaired) electrons. The number of ether oxygens (including phenoxy) is 2. The first-order valence-corrected chi connectivity index (χ1v) is 7.10. The summed E-state index contributed by atoms with van der Waals surface area (Å²) in [5, 5.41) is 0. The van der Waals surface area contributed by atoms with E-state index in [2.05, 4.69) is 4.74 Å². The molecular formula is C16H21NO4. The Balaban J connectivity index is 2.35. The minimum absolute atomic E-state index is 0.0610.